The van der Waals surface area contributed by atoms with E-state index in [2.05, 4.69) is 34.3 Å². The molecule has 1 aliphatic rings. The molecular formula is C13H20BrNS. The molecule has 0 bridgehead atoms. The van der Waals surface area contributed by atoms with Crippen LogP contribution < -0.4 is 5.73 Å². The van der Waals surface area contributed by atoms with E-state index >= 15 is 0 Å². The molecule has 1 heterocycles. The Kier molecular flexibility index (Phi) is 4.45. The minimum Gasteiger partial charge on any atom is -0.323 e. The summed E-state index contributed by atoms with van der Waals surface area (Å²) in [7, 11) is 0. The van der Waals surface area contributed by atoms with E-state index in [-0.39, 0.29) is 6.04 Å². The van der Waals surface area contributed by atoms with E-state index in [0.29, 0.717) is 5.92 Å². The van der Waals surface area contributed by atoms with E-state index in [1.54, 1.807) is 11.3 Å². The predicted molar refractivity (Wildman–Crippen MR) is 74.7 cm³/mol. The van der Waals surface area contributed by atoms with Crippen molar-refractivity contribution in [2.75, 3.05) is 0 Å². The molecule has 0 saturated heterocycles. The van der Waals surface area contributed by atoms with Gasteiger partial charge in [0.1, 0.15) is 0 Å². The second-order valence-corrected chi connectivity index (χ2v) is 6.67. The Balaban J connectivity index is 2.10. The average Bonchev–Trinajstić information content (AvgIpc) is 2.75. The molecule has 3 atom stereocenters. The summed E-state index contributed by atoms with van der Waals surface area (Å²) in [6.45, 7) is 2.31. The van der Waals surface area contributed by atoms with E-state index in [1.165, 1.54) is 41.5 Å². The number of hydrogen-bond acceptors (Lipinski definition) is 2. The van der Waals surface area contributed by atoms with Crippen molar-refractivity contribution in [2.45, 2.75) is 45.1 Å². The molecular weight excluding hydrogens is 282 g/mol. The first-order chi connectivity index (χ1) is 7.72. The highest BCUT2D eigenvalue weighted by molar-refractivity contribution is 9.10. The van der Waals surface area contributed by atoms with Crippen LogP contribution in [0.5, 0.6) is 0 Å². The number of rotatable bonds is 3. The van der Waals surface area contributed by atoms with Gasteiger partial charge in [-0.15, -0.1) is 11.3 Å². The Morgan fingerprint density at radius 2 is 2.25 bits per heavy atom. The molecule has 3 heteroatoms. The molecule has 1 aliphatic carbocycles. The minimum absolute atomic E-state index is 0.251. The number of hydrogen-bond donors (Lipinski definition) is 1. The molecule has 0 spiro atoms. The molecule has 2 rings (SSSR count). The summed E-state index contributed by atoms with van der Waals surface area (Å²) in [4.78, 5) is 1.34. The Bertz CT molecular complexity index is 336. The second-order valence-electron chi connectivity index (χ2n) is 4.81. The SMILES string of the molecule is CCC1CCCCC1C(N)c1cc(Br)cs1. The van der Waals surface area contributed by atoms with Gasteiger partial charge in [-0.3, -0.25) is 0 Å². The predicted octanol–water partition coefficient (Wildman–Crippen LogP) is 4.73. The molecule has 1 aromatic heterocycles. The van der Waals surface area contributed by atoms with Gasteiger partial charge in [0.15, 0.2) is 0 Å². The maximum atomic E-state index is 6.44. The van der Waals surface area contributed by atoms with Crippen molar-refractivity contribution in [3.63, 3.8) is 0 Å². The molecule has 1 aromatic rings. The van der Waals surface area contributed by atoms with Gasteiger partial charge >= 0.3 is 0 Å². The van der Waals surface area contributed by atoms with Crippen LogP contribution in [-0.2, 0) is 0 Å². The molecule has 0 radical (unpaired) electrons. The molecule has 1 saturated carbocycles. The van der Waals surface area contributed by atoms with Gasteiger partial charge in [0.2, 0.25) is 0 Å². The van der Waals surface area contributed by atoms with E-state index in [4.69, 9.17) is 5.73 Å². The lowest BCUT2D eigenvalue weighted by molar-refractivity contribution is 0.198. The average molecular weight is 302 g/mol. The van der Waals surface area contributed by atoms with E-state index in [1.807, 2.05) is 0 Å². The van der Waals surface area contributed by atoms with E-state index in [9.17, 15) is 0 Å². The van der Waals surface area contributed by atoms with Crippen molar-refractivity contribution in [1.82, 2.24) is 0 Å². The van der Waals surface area contributed by atoms with Crippen LogP contribution in [-0.4, -0.2) is 0 Å². The lowest BCUT2D eigenvalue weighted by atomic mass is 9.74. The van der Waals surface area contributed by atoms with Crippen molar-refractivity contribution >= 4 is 27.3 Å². The van der Waals surface area contributed by atoms with Gasteiger partial charge in [-0.1, -0.05) is 32.6 Å². The Labute approximate surface area is 111 Å². The zero-order chi connectivity index (χ0) is 11.5. The van der Waals surface area contributed by atoms with Gasteiger partial charge < -0.3 is 5.73 Å². The van der Waals surface area contributed by atoms with Crippen LogP contribution in [0.1, 0.15) is 49.9 Å². The third-order valence-corrected chi connectivity index (χ3v) is 5.66. The summed E-state index contributed by atoms with van der Waals surface area (Å²) in [5.41, 5.74) is 6.44. The Morgan fingerprint density at radius 1 is 1.50 bits per heavy atom. The van der Waals surface area contributed by atoms with Crippen LogP contribution in [0.25, 0.3) is 0 Å². The fourth-order valence-electron chi connectivity index (χ4n) is 2.93. The third kappa shape index (κ3) is 2.69. The Morgan fingerprint density at radius 3 is 2.88 bits per heavy atom. The van der Waals surface area contributed by atoms with Crippen LogP contribution in [0, 0.1) is 11.8 Å². The van der Waals surface area contributed by atoms with Crippen molar-refractivity contribution in [3.8, 4) is 0 Å². The van der Waals surface area contributed by atoms with E-state index in [0.717, 1.165) is 5.92 Å². The summed E-state index contributed by atoms with van der Waals surface area (Å²) >= 11 is 5.30. The largest absolute Gasteiger partial charge is 0.323 e. The van der Waals surface area contributed by atoms with Crippen LogP contribution in [0.2, 0.25) is 0 Å². The first-order valence-electron chi connectivity index (χ1n) is 6.22. The normalized spacial score (nSPS) is 27.9. The zero-order valence-electron chi connectivity index (χ0n) is 9.79. The van der Waals surface area contributed by atoms with Crippen molar-refractivity contribution in [1.29, 1.82) is 0 Å². The van der Waals surface area contributed by atoms with Gasteiger partial charge in [-0.2, -0.15) is 0 Å². The third-order valence-electron chi connectivity index (χ3n) is 3.87. The molecule has 90 valence electrons. The summed E-state index contributed by atoms with van der Waals surface area (Å²) in [6, 6.07) is 2.44. The maximum absolute atomic E-state index is 6.44. The summed E-state index contributed by atoms with van der Waals surface area (Å²) in [5, 5.41) is 2.14. The lowest BCUT2D eigenvalue weighted by Gasteiger charge is -2.34. The van der Waals surface area contributed by atoms with Gasteiger partial charge in [-0.05, 0) is 40.3 Å². The molecule has 3 unspecified atom stereocenters. The molecule has 1 nitrogen and oxygen atoms in total. The number of halogens is 1. The molecule has 0 aliphatic heterocycles. The monoisotopic (exact) mass is 301 g/mol. The number of thiophene rings is 1. The van der Waals surface area contributed by atoms with Crippen LogP contribution in [0.15, 0.2) is 15.9 Å². The fourth-order valence-corrected chi connectivity index (χ4v) is 4.45. The molecule has 16 heavy (non-hydrogen) atoms. The minimum atomic E-state index is 0.251. The van der Waals surface area contributed by atoms with Crippen LogP contribution in [0.3, 0.4) is 0 Å². The van der Waals surface area contributed by atoms with Crippen LogP contribution >= 0.6 is 27.3 Å². The van der Waals surface area contributed by atoms with Crippen molar-refractivity contribution < 1.29 is 0 Å². The molecule has 2 N–H and O–H groups in total. The van der Waals surface area contributed by atoms with Crippen molar-refractivity contribution in [3.05, 3.63) is 20.8 Å². The number of nitrogens with two attached hydrogens (primary N) is 1. The van der Waals surface area contributed by atoms with Gasteiger partial charge in [0, 0.05) is 20.8 Å². The maximum Gasteiger partial charge on any atom is 0.0421 e. The molecule has 0 aromatic carbocycles. The van der Waals surface area contributed by atoms with Gasteiger partial charge in [0.25, 0.3) is 0 Å². The molecule has 0 amide bonds. The summed E-state index contributed by atoms with van der Waals surface area (Å²) < 4.78 is 1.17. The highest BCUT2D eigenvalue weighted by Crippen LogP contribution is 2.40. The second kappa shape index (κ2) is 5.65. The van der Waals surface area contributed by atoms with Crippen LogP contribution in [0.4, 0.5) is 0 Å². The summed E-state index contributed by atoms with van der Waals surface area (Å²) in [6.07, 6.45) is 6.73. The summed E-state index contributed by atoms with van der Waals surface area (Å²) in [5.74, 6) is 1.54. The zero-order valence-corrected chi connectivity index (χ0v) is 12.2. The lowest BCUT2D eigenvalue weighted by Crippen LogP contribution is -2.29. The highest BCUT2D eigenvalue weighted by atomic mass is 79.9. The van der Waals surface area contributed by atoms with Crippen molar-refractivity contribution in [2.24, 2.45) is 17.6 Å². The Hall–Kier alpha value is 0.140. The fraction of sp³-hybridized carbons (Fsp3) is 0.692. The highest BCUT2D eigenvalue weighted by Gasteiger charge is 2.30. The first kappa shape index (κ1) is 12.6. The van der Waals surface area contributed by atoms with Gasteiger partial charge in [0.05, 0.1) is 0 Å². The van der Waals surface area contributed by atoms with E-state index < -0.39 is 0 Å². The first-order valence-corrected chi connectivity index (χ1v) is 7.89. The van der Waals surface area contributed by atoms with Gasteiger partial charge in [-0.25, -0.2) is 0 Å². The topological polar surface area (TPSA) is 26.0 Å². The smallest absolute Gasteiger partial charge is 0.0421 e. The standard InChI is InChI=1S/C13H20BrNS/c1-2-9-5-3-4-6-11(9)13(15)12-7-10(14)8-16-12/h7-9,11,13H,2-6,15H2,1H3. The quantitative estimate of drug-likeness (QED) is 0.858. The molecule has 1 fully saturated rings.